The summed E-state index contributed by atoms with van der Waals surface area (Å²) in [7, 11) is 0. The van der Waals surface area contributed by atoms with E-state index in [1.807, 2.05) is 0 Å². The number of hydrogen-bond acceptors (Lipinski definition) is 2. The molecule has 114 valence electrons. The molecule has 0 aliphatic carbocycles. The maximum atomic E-state index is 12.5. The van der Waals surface area contributed by atoms with Crippen LogP contribution >= 0.6 is 0 Å². The first-order chi connectivity index (χ1) is 9.79. The van der Waals surface area contributed by atoms with E-state index in [2.05, 4.69) is 0 Å². The Labute approximate surface area is 119 Å². The van der Waals surface area contributed by atoms with Crippen molar-refractivity contribution in [3.63, 3.8) is 0 Å². The zero-order chi connectivity index (χ0) is 15.6. The first kappa shape index (κ1) is 15.6. The van der Waals surface area contributed by atoms with Gasteiger partial charge in [-0.1, -0.05) is 19.1 Å². The first-order valence-electron chi connectivity index (χ1n) is 6.62. The van der Waals surface area contributed by atoms with Gasteiger partial charge >= 0.3 is 6.18 Å². The first-order valence-corrected chi connectivity index (χ1v) is 6.62. The summed E-state index contributed by atoms with van der Waals surface area (Å²) >= 11 is 0. The van der Waals surface area contributed by atoms with E-state index in [1.54, 1.807) is 28.8 Å². The van der Waals surface area contributed by atoms with Crippen molar-refractivity contribution < 1.29 is 18.3 Å². The van der Waals surface area contributed by atoms with E-state index in [0.717, 1.165) is 6.92 Å². The number of fused-ring (bicyclic) bond motifs is 1. The predicted octanol–water partition coefficient (Wildman–Crippen LogP) is 2.95. The molecule has 0 fully saturated rings. The molecule has 0 saturated heterocycles. The van der Waals surface area contributed by atoms with Gasteiger partial charge in [0.05, 0.1) is 17.5 Å². The highest BCUT2D eigenvalue weighted by molar-refractivity contribution is 5.78. The second kappa shape index (κ2) is 5.89. The normalized spacial score (nSPS) is 15.1. The number of halogens is 3. The van der Waals surface area contributed by atoms with Crippen LogP contribution in [0.3, 0.4) is 0 Å². The van der Waals surface area contributed by atoms with Crippen molar-refractivity contribution in [2.24, 2.45) is 5.92 Å². The third-order valence-corrected chi connectivity index (χ3v) is 3.48. The van der Waals surface area contributed by atoms with Crippen LogP contribution in [0.4, 0.5) is 13.2 Å². The van der Waals surface area contributed by atoms with Gasteiger partial charge in [-0.05, 0) is 18.6 Å². The van der Waals surface area contributed by atoms with Crippen LogP contribution in [0, 0.1) is 5.92 Å². The zero-order valence-corrected chi connectivity index (χ0v) is 11.5. The summed E-state index contributed by atoms with van der Waals surface area (Å²) in [4.78, 5) is 11.7. The van der Waals surface area contributed by atoms with Gasteiger partial charge in [-0.3, -0.25) is 4.79 Å². The average Bonchev–Trinajstić information content (AvgIpc) is 2.41. The molecular weight excluding hydrogens is 283 g/mol. The molecule has 2 atom stereocenters. The van der Waals surface area contributed by atoms with Gasteiger partial charge < -0.3 is 9.67 Å². The molecule has 2 rings (SSSR count). The lowest BCUT2D eigenvalue weighted by atomic mass is 10.0. The molecule has 0 aliphatic heterocycles. The lowest BCUT2D eigenvalue weighted by Gasteiger charge is -2.20. The van der Waals surface area contributed by atoms with Crippen LogP contribution in [0.1, 0.15) is 13.3 Å². The van der Waals surface area contributed by atoms with E-state index in [4.69, 9.17) is 0 Å². The number of hydrogen-bond donors (Lipinski definition) is 1. The Morgan fingerprint density at radius 3 is 2.57 bits per heavy atom. The number of alkyl halides is 3. The minimum atomic E-state index is -4.31. The van der Waals surface area contributed by atoms with E-state index < -0.39 is 18.2 Å². The summed E-state index contributed by atoms with van der Waals surface area (Å²) in [5, 5.41) is 10.3. The standard InChI is InChI=1S/C15H16F3NO2/c1-10(15(16,17)18)8-11(20)9-19-7-6-14(21)12-4-2-3-5-13(12)19/h2-7,10-11,20H,8-9H2,1H3. The molecular formula is C15H16F3NO2. The third-order valence-electron chi connectivity index (χ3n) is 3.48. The number of pyridine rings is 1. The predicted molar refractivity (Wildman–Crippen MR) is 74.1 cm³/mol. The fourth-order valence-electron chi connectivity index (χ4n) is 2.26. The van der Waals surface area contributed by atoms with Gasteiger partial charge in [0.15, 0.2) is 5.43 Å². The minimum Gasteiger partial charge on any atom is -0.391 e. The molecule has 3 nitrogen and oxygen atoms in total. The molecule has 0 radical (unpaired) electrons. The highest BCUT2D eigenvalue weighted by Gasteiger charge is 2.36. The summed E-state index contributed by atoms with van der Waals surface area (Å²) in [6.07, 6.45) is -4.32. The Hall–Kier alpha value is -1.82. The molecule has 0 saturated carbocycles. The molecule has 0 amide bonds. The van der Waals surface area contributed by atoms with Crippen molar-refractivity contribution in [3.8, 4) is 0 Å². The van der Waals surface area contributed by atoms with Crippen LogP contribution in [-0.2, 0) is 6.54 Å². The van der Waals surface area contributed by atoms with Crippen LogP contribution in [0.25, 0.3) is 10.9 Å². The van der Waals surface area contributed by atoms with Gasteiger partial charge in [-0.25, -0.2) is 0 Å². The van der Waals surface area contributed by atoms with Crippen LogP contribution in [0.2, 0.25) is 0 Å². The number of aliphatic hydroxyl groups excluding tert-OH is 1. The van der Waals surface area contributed by atoms with Gasteiger partial charge in [-0.2, -0.15) is 13.2 Å². The molecule has 2 aromatic rings. The second-order valence-electron chi connectivity index (χ2n) is 5.18. The fourth-order valence-corrected chi connectivity index (χ4v) is 2.26. The minimum absolute atomic E-state index is 0.0151. The molecule has 0 spiro atoms. The molecule has 2 unspecified atom stereocenters. The molecule has 0 bridgehead atoms. The van der Waals surface area contributed by atoms with Gasteiger partial charge in [0.2, 0.25) is 0 Å². The monoisotopic (exact) mass is 299 g/mol. The number of para-hydroxylation sites is 1. The lowest BCUT2D eigenvalue weighted by Crippen LogP contribution is -2.27. The summed E-state index contributed by atoms with van der Waals surface area (Å²) in [6, 6.07) is 8.16. The fraction of sp³-hybridized carbons (Fsp3) is 0.400. The SMILES string of the molecule is CC(CC(O)Cn1ccc(=O)c2ccccc21)C(F)(F)F. The molecule has 1 N–H and O–H groups in total. The van der Waals surface area contributed by atoms with E-state index in [9.17, 15) is 23.1 Å². The smallest absolute Gasteiger partial charge is 0.391 e. The van der Waals surface area contributed by atoms with Crippen molar-refractivity contribution in [1.29, 1.82) is 0 Å². The van der Waals surface area contributed by atoms with Crippen molar-refractivity contribution >= 4 is 10.9 Å². The number of benzene rings is 1. The largest absolute Gasteiger partial charge is 0.391 e. The Morgan fingerprint density at radius 1 is 1.24 bits per heavy atom. The molecule has 21 heavy (non-hydrogen) atoms. The van der Waals surface area contributed by atoms with Crippen LogP contribution in [0.5, 0.6) is 0 Å². The van der Waals surface area contributed by atoms with E-state index in [0.29, 0.717) is 10.9 Å². The Kier molecular flexibility index (Phi) is 4.37. The molecule has 1 aromatic carbocycles. The third kappa shape index (κ3) is 3.64. The van der Waals surface area contributed by atoms with E-state index in [1.165, 1.54) is 12.3 Å². The Balaban J connectivity index is 2.21. The van der Waals surface area contributed by atoms with Crippen molar-refractivity contribution in [3.05, 3.63) is 46.8 Å². The second-order valence-corrected chi connectivity index (χ2v) is 5.18. The molecule has 1 aromatic heterocycles. The highest BCUT2D eigenvalue weighted by atomic mass is 19.4. The number of nitrogens with zero attached hydrogens (tertiary/aromatic N) is 1. The van der Waals surface area contributed by atoms with Crippen molar-refractivity contribution in [2.45, 2.75) is 32.2 Å². The number of aromatic nitrogens is 1. The van der Waals surface area contributed by atoms with E-state index >= 15 is 0 Å². The number of rotatable bonds is 4. The molecule has 0 aliphatic rings. The summed E-state index contributed by atoms with van der Waals surface area (Å²) in [5.74, 6) is -1.57. The quantitative estimate of drug-likeness (QED) is 0.943. The van der Waals surface area contributed by atoms with Crippen LogP contribution in [-0.4, -0.2) is 22.0 Å². The van der Waals surface area contributed by atoms with Gasteiger partial charge in [0.1, 0.15) is 0 Å². The Bertz CT molecular complexity index is 678. The zero-order valence-electron chi connectivity index (χ0n) is 11.5. The van der Waals surface area contributed by atoms with Crippen molar-refractivity contribution in [1.82, 2.24) is 4.57 Å². The Morgan fingerprint density at radius 2 is 1.90 bits per heavy atom. The summed E-state index contributed by atoms with van der Waals surface area (Å²) < 4.78 is 39.1. The maximum absolute atomic E-state index is 12.5. The topological polar surface area (TPSA) is 42.2 Å². The van der Waals surface area contributed by atoms with Gasteiger partial charge in [-0.15, -0.1) is 0 Å². The van der Waals surface area contributed by atoms with E-state index in [-0.39, 0.29) is 18.4 Å². The molecule has 6 heteroatoms. The van der Waals surface area contributed by atoms with Crippen LogP contribution in [0.15, 0.2) is 41.3 Å². The maximum Gasteiger partial charge on any atom is 0.391 e. The average molecular weight is 299 g/mol. The van der Waals surface area contributed by atoms with Crippen molar-refractivity contribution in [2.75, 3.05) is 0 Å². The lowest BCUT2D eigenvalue weighted by molar-refractivity contribution is -0.176. The van der Waals surface area contributed by atoms with Gasteiger partial charge in [0, 0.05) is 24.2 Å². The van der Waals surface area contributed by atoms with Crippen LogP contribution < -0.4 is 5.43 Å². The highest BCUT2D eigenvalue weighted by Crippen LogP contribution is 2.29. The van der Waals surface area contributed by atoms with Gasteiger partial charge in [0.25, 0.3) is 0 Å². The summed E-state index contributed by atoms with van der Waals surface area (Å²) in [5.41, 5.74) is 0.448. The molecule has 1 heterocycles. The summed E-state index contributed by atoms with van der Waals surface area (Å²) in [6.45, 7) is 1.06. The number of aliphatic hydroxyl groups is 1.